The largest absolute Gasteiger partial charge is 0.323 e. The molecule has 3 nitrogen and oxygen atoms in total. The smallest absolute Gasteiger partial charge is 0.308 e. The van der Waals surface area contributed by atoms with Crippen LogP contribution < -0.4 is 10.6 Å². The lowest BCUT2D eigenvalue weighted by molar-refractivity contribution is 0.262. The minimum absolute atomic E-state index is 0.332. The SMILES string of the molecule is CCc1cccc(NC(=O)Nc2ccc(F)cc2)c1. The maximum atomic E-state index is 12.7. The number of rotatable bonds is 3. The van der Waals surface area contributed by atoms with Crippen molar-refractivity contribution in [1.29, 1.82) is 0 Å². The zero-order valence-corrected chi connectivity index (χ0v) is 10.6. The third kappa shape index (κ3) is 3.81. The first kappa shape index (κ1) is 13.1. The molecule has 0 bridgehead atoms. The summed E-state index contributed by atoms with van der Waals surface area (Å²) in [7, 11) is 0. The Morgan fingerprint density at radius 3 is 2.42 bits per heavy atom. The highest BCUT2D eigenvalue weighted by Gasteiger charge is 2.03. The van der Waals surface area contributed by atoms with Crippen LogP contribution in [0.4, 0.5) is 20.6 Å². The molecule has 0 saturated carbocycles. The molecule has 2 aromatic carbocycles. The third-order valence-electron chi connectivity index (χ3n) is 2.70. The molecule has 19 heavy (non-hydrogen) atoms. The first-order chi connectivity index (χ1) is 9.17. The number of nitrogens with one attached hydrogen (secondary N) is 2. The van der Waals surface area contributed by atoms with Crippen molar-refractivity contribution in [2.45, 2.75) is 13.3 Å². The number of anilines is 2. The van der Waals surface area contributed by atoms with Crippen molar-refractivity contribution in [2.75, 3.05) is 10.6 Å². The van der Waals surface area contributed by atoms with Gasteiger partial charge in [0.2, 0.25) is 0 Å². The normalized spacial score (nSPS) is 10.0. The number of amides is 2. The summed E-state index contributed by atoms with van der Waals surface area (Å²) in [5, 5.41) is 5.37. The van der Waals surface area contributed by atoms with Crippen molar-refractivity contribution in [3.8, 4) is 0 Å². The van der Waals surface area contributed by atoms with Crippen molar-refractivity contribution in [3.05, 3.63) is 59.9 Å². The lowest BCUT2D eigenvalue weighted by Crippen LogP contribution is -2.19. The summed E-state index contributed by atoms with van der Waals surface area (Å²) in [5.41, 5.74) is 2.43. The Morgan fingerprint density at radius 1 is 1.05 bits per heavy atom. The average Bonchev–Trinajstić information content (AvgIpc) is 2.41. The number of hydrogen-bond acceptors (Lipinski definition) is 1. The van der Waals surface area contributed by atoms with Crippen LogP contribution in [0.15, 0.2) is 48.5 Å². The Balaban J connectivity index is 1.99. The molecule has 0 aliphatic rings. The second kappa shape index (κ2) is 6.00. The molecule has 2 aromatic rings. The molecule has 98 valence electrons. The van der Waals surface area contributed by atoms with Gasteiger partial charge in [0.15, 0.2) is 0 Å². The van der Waals surface area contributed by atoms with E-state index in [9.17, 15) is 9.18 Å². The van der Waals surface area contributed by atoms with Gasteiger partial charge in [-0.15, -0.1) is 0 Å². The van der Waals surface area contributed by atoms with E-state index in [0.717, 1.165) is 17.7 Å². The molecule has 4 heteroatoms. The van der Waals surface area contributed by atoms with Crippen molar-refractivity contribution in [1.82, 2.24) is 0 Å². The van der Waals surface area contributed by atoms with E-state index in [4.69, 9.17) is 0 Å². The molecule has 0 radical (unpaired) electrons. The molecule has 0 aliphatic carbocycles. The van der Waals surface area contributed by atoms with E-state index >= 15 is 0 Å². The van der Waals surface area contributed by atoms with Crippen molar-refractivity contribution in [3.63, 3.8) is 0 Å². The number of aryl methyl sites for hydroxylation is 1. The second-order valence-corrected chi connectivity index (χ2v) is 4.14. The van der Waals surface area contributed by atoms with Crippen molar-refractivity contribution in [2.24, 2.45) is 0 Å². The third-order valence-corrected chi connectivity index (χ3v) is 2.70. The zero-order chi connectivity index (χ0) is 13.7. The molecule has 0 spiro atoms. The van der Waals surface area contributed by atoms with Gasteiger partial charge in [-0.1, -0.05) is 19.1 Å². The quantitative estimate of drug-likeness (QED) is 0.857. The van der Waals surface area contributed by atoms with Gasteiger partial charge in [-0.2, -0.15) is 0 Å². The van der Waals surface area contributed by atoms with Gasteiger partial charge in [0.25, 0.3) is 0 Å². The minimum Gasteiger partial charge on any atom is -0.308 e. The second-order valence-electron chi connectivity index (χ2n) is 4.14. The van der Waals surface area contributed by atoms with Gasteiger partial charge in [-0.3, -0.25) is 0 Å². The maximum Gasteiger partial charge on any atom is 0.323 e. The lowest BCUT2D eigenvalue weighted by Gasteiger charge is -2.08. The summed E-state index contributed by atoms with van der Waals surface area (Å²) >= 11 is 0. The standard InChI is InChI=1S/C15H15FN2O/c1-2-11-4-3-5-14(10-11)18-15(19)17-13-8-6-12(16)7-9-13/h3-10H,2H2,1H3,(H2,17,18,19). The van der Waals surface area contributed by atoms with Gasteiger partial charge >= 0.3 is 6.03 Å². The predicted molar refractivity (Wildman–Crippen MR) is 74.9 cm³/mol. The van der Waals surface area contributed by atoms with Crippen LogP contribution in [0.2, 0.25) is 0 Å². The lowest BCUT2D eigenvalue weighted by atomic mass is 10.1. The first-order valence-electron chi connectivity index (χ1n) is 6.10. The van der Waals surface area contributed by atoms with Crippen LogP contribution in [0.5, 0.6) is 0 Å². The first-order valence-corrected chi connectivity index (χ1v) is 6.10. The molecule has 0 aliphatic heterocycles. The fourth-order valence-electron chi connectivity index (χ4n) is 1.70. The van der Waals surface area contributed by atoms with Gasteiger partial charge in [-0.25, -0.2) is 9.18 Å². The number of hydrogen-bond donors (Lipinski definition) is 2. The van der Waals surface area contributed by atoms with Gasteiger partial charge in [0.05, 0.1) is 0 Å². The number of carbonyl (C=O) groups is 1. The molecular weight excluding hydrogens is 243 g/mol. The van der Waals surface area contributed by atoms with Crippen LogP contribution >= 0.6 is 0 Å². The molecule has 2 rings (SSSR count). The molecule has 2 amide bonds. The highest BCUT2D eigenvalue weighted by atomic mass is 19.1. The van der Waals surface area contributed by atoms with E-state index in [0.29, 0.717) is 5.69 Å². The Morgan fingerprint density at radius 2 is 1.74 bits per heavy atom. The highest BCUT2D eigenvalue weighted by molar-refractivity contribution is 5.99. The van der Waals surface area contributed by atoms with E-state index in [1.165, 1.54) is 24.3 Å². The monoisotopic (exact) mass is 258 g/mol. The van der Waals surface area contributed by atoms with Crippen LogP contribution in [0.1, 0.15) is 12.5 Å². The number of benzene rings is 2. The van der Waals surface area contributed by atoms with Crippen molar-refractivity contribution >= 4 is 17.4 Å². The van der Waals surface area contributed by atoms with Gasteiger partial charge in [-0.05, 0) is 48.4 Å². The summed E-state index contributed by atoms with van der Waals surface area (Å²) in [6.45, 7) is 2.05. The fourth-order valence-corrected chi connectivity index (χ4v) is 1.70. The Kier molecular flexibility index (Phi) is 4.13. The summed E-state index contributed by atoms with van der Waals surface area (Å²) in [5.74, 6) is -0.332. The summed E-state index contributed by atoms with van der Waals surface area (Å²) in [4.78, 5) is 11.8. The molecule has 0 unspecified atom stereocenters. The summed E-state index contributed by atoms with van der Waals surface area (Å²) in [6, 6.07) is 12.9. The summed E-state index contributed by atoms with van der Waals surface area (Å²) < 4.78 is 12.7. The van der Waals surface area contributed by atoms with Crippen LogP contribution in [0.25, 0.3) is 0 Å². The topological polar surface area (TPSA) is 41.1 Å². The van der Waals surface area contributed by atoms with Crippen LogP contribution in [0, 0.1) is 5.82 Å². The predicted octanol–water partition coefficient (Wildman–Crippen LogP) is 4.03. The molecule has 2 N–H and O–H groups in total. The highest BCUT2D eigenvalue weighted by Crippen LogP contribution is 2.13. The Labute approximate surface area is 111 Å². The fraction of sp³-hybridized carbons (Fsp3) is 0.133. The molecule has 0 aromatic heterocycles. The average molecular weight is 258 g/mol. The van der Waals surface area contributed by atoms with Crippen LogP contribution in [-0.2, 0) is 6.42 Å². The number of urea groups is 1. The number of halogens is 1. The van der Waals surface area contributed by atoms with Gasteiger partial charge in [0, 0.05) is 11.4 Å². The maximum absolute atomic E-state index is 12.7. The summed E-state index contributed by atoms with van der Waals surface area (Å²) in [6.07, 6.45) is 0.912. The van der Waals surface area contributed by atoms with E-state index in [1.807, 2.05) is 24.3 Å². The van der Waals surface area contributed by atoms with E-state index in [-0.39, 0.29) is 11.8 Å². The van der Waals surface area contributed by atoms with Crippen LogP contribution in [-0.4, -0.2) is 6.03 Å². The molecule has 0 heterocycles. The van der Waals surface area contributed by atoms with Gasteiger partial charge < -0.3 is 10.6 Å². The van der Waals surface area contributed by atoms with Gasteiger partial charge in [0.1, 0.15) is 5.82 Å². The van der Waals surface area contributed by atoms with Crippen LogP contribution in [0.3, 0.4) is 0 Å². The minimum atomic E-state index is -0.347. The van der Waals surface area contributed by atoms with E-state index < -0.39 is 0 Å². The molecule has 0 fully saturated rings. The van der Waals surface area contributed by atoms with Crippen molar-refractivity contribution < 1.29 is 9.18 Å². The molecule has 0 saturated heterocycles. The van der Waals surface area contributed by atoms with E-state index in [2.05, 4.69) is 17.6 Å². The Bertz CT molecular complexity index is 567. The molecular formula is C15H15FN2O. The Hall–Kier alpha value is -2.36. The zero-order valence-electron chi connectivity index (χ0n) is 10.6. The number of carbonyl (C=O) groups excluding carboxylic acids is 1. The van der Waals surface area contributed by atoms with E-state index in [1.54, 1.807) is 0 Å². The molecule has 0 atom stereocenters.